The van der Waals surface area contributed by atoms with Crippen molar-refractivity contribution < 1.29 is 13.9 Å². The first-order valence-corrected chi connectivity index (χ1v) is 8.36. The number of esters is 1. The molecule has 0 saturated heterocycles. The minimum atomic E-state index is -0.624. The highest BCUT2D eigenvalue weighted by Crippen LogP contribution is 2.36. The predicted octanol–water partition coefficient (Wildman–Crippen LogP) is 4.98. The van der Waals surface area contributed by atoms with E-state index in [0.29, 0.717) is 25.1 Å². The second-order valence-corrected chi connectivity index (χ2v) is 7.08. The summed E-state index contributed by atoms with van der Waals surface area (Å²) in [6, 6.07) is 5.45. The predicted molar refractivity (Wildman–Crippen MR) is 94.0 cm³/mol. The second kappa shape index (κ2) is 6.87. The highest BCUT2D eigenvalue weighted by molar-refractivity contribution is 9.10. The molecule has 0 atom stereocenters. The van der Waals surface area contributed by atoms with Crippen molar-refractivity contribution in [3.63, 3.8) is 0 Å². The first kappa shape index (κ1) is 17.7. The molecule has 0 amide bonds. The zero-order valence-corrected chi connectivity index (χ0v) is 15.2. The number of hydrogen-bond donors (Lipinski definition) is 0. The summed E-state index contributed by atoms with van der Waals surface area (Å²) in [5, 5.41) is 0. The van der Waals surface area contributed by atoms with Crippen LogP contribution in [0.3, 0.4) is 0 Å². The molecular formula is C18H21BrFNO2. The van der Waals surface area contributed by atoms with E-state index >= 15 is 0 Å². The minimum absolute atomic E-state index is 0.239. The van der Waals surface area contributed by atoms with Crippen LogP contribution in [-0.2, 0) is 9.53 Å². The lowest BCUT2D eigenvalue weighted by atomic mass is 9.89. The van der Waals surface area contributed by atoms with Crippen LogP contribution in [0.5, 0.6) is 0 Å². The molecule has 1 aromatic carbocycles. The summed E-state index contributed by atoms with van der Waals surface area (Å²) in [7, 11) is 0. The molecule has 3 nitrogen and oxygen atoms in total. The molecule has 0 bridgehead atoms. The second-order valence-electron chi connectivity index (χ2n) is 6.16. The van der Waals surface area contributed by atoms with E-state index in [0.717, 1.165) is 15.7 Å². The molecule has 0 radical (unpaired) electrons. The largest absolute Gasteiger partial charge is 0.466 e. The molecular weight excluding hydrogens is 361 g/mol. The summed E-state index contributed by atoms with van der Waals surface area (Å²) in [4.78, 5) is 13.7. The molecule has 1 heterocycles. The lowest BCUT2D eigenvalue weighted by Crippen LogP contribution is -2.31. The van der Waals surface area contributed by atoms with Gasteiger partial charge in [-0.1, -0.05) is 28.6 Å². The van der Waals surface area contributed by atoms with Crippen LogP contribution in [-0.4, -0.2) is 24.0 Å². The fraction of sp³-hybridized carbons (Fsp3) is 0.389. The molecule has 1 aliphatic heterocycles. The Morgan fingerprint density at radius 3 is 2.74 bits per heavy atom. The molecule has 0 saturated carbocycles. The van der Waals surface area contributed by atoms with Gasteiger partial charge >= 0.3 is 5.97 Å². The number of carbonyl (C=O) groups excluding carboxylic acids is 1. The quantitative estimate of drug-likeness (QED) is 0.673. The van der Waals surface area contributed by atoms with Crippen molar-refractivity contribution in [3.05, 3.63) is 46.6 Å². The Morgan fingerprint density at radius 2 is 2.09 bits per heavy atom. The highest BCUT2D eigenvalue weighted by atomic mass is 79.9. The Hall–Kier alpha value is -1.62. The molecule has 0 N–H and O–H groups in total. The molecule has 0 spiro atoms. The van der Waals surface area contributed by atoms with Gasteiger partial charge in [0.05, 0.1) is 12.0 Å². The SMILES string of the molecule is C=C1c2ccc(Br)cc2C(F)=CN1CCC(C)(C)C(=O)OCC. The zero-order valence-electron chi connectivity index (χ0n) is 13.7. The molecule has 1 aromatic rings. The Kier molecular flexibility index (Phi) is 5.30. The highest BCUT2D eigenvalue weighted by Gasteiger charge is 2.30. The van der Waals surface area contributed by atoms with Crippen molar-refractivity contribution in [2.75, 3.05) is 13.2 Å². The maximum absolute atomic E-state index is 14.3. The molecule has 0 aliphatic carbocycles. The van der Waals surface area contributed by atoms with Crippen molar-refractivity contribution in [1.82, 2.24) is 4.90 Å². The maximum atomic E-state index is 14.3. The standard InChI is InChI=1S/C18H21BrFNO2/c1-5-23-17(22)18(3,4)8-9-21-11-16(20)15-10-13(19)6-7-14(15)12(21)2/h6-7,10-11H,2,5,8-9H2,1,3-4H3. The first-order chi connectivity index (χ1) is 10.8. The van der Waals surface area contributed by atoms with Crippen LogP contribution >= 0.6 is 15.9 Å². The molecule has 1 aliphatic rings. The number of rotatable bonds is 5. The zero-order chi connectivity index (χ0) is 17.2. The van der Waals surface area contributed by atoms with Gasteiger partial charge in [-0.3, -0.25) is 4.79 Å². The third kappa shape index (κ3) is 3.83. The van der Waals surface area contributed by atoms with Crippen molar-refractivity contribution in [2.24, 2.45) is 5.41 Å². The van der Waals surface area contributed by atoms with Crippen molar-refractivity contribution in [3.8, 4) is 0 Å². The van der Waals surface area contributed by atoms with Gasteiger partial charge in [-0.25, -0.2) is 4.39 Å². The van der Waals surface area contributed by atoms with Crippen LogP contribution in [0.2, 0.25) is 0 Å². The van der Waals surface area contributed by atoms with E-state index in [9.17, 15) is 9.18 Å². The maximum Gasteiger partial charge on any atom is 0.311 e. The fourth-order valence-electron chi connectivity index (χ4n) is 2.43. The molecule has 124 valence electrons. The summed E-state index contributed by atoms with van der Waals surface area (Å²) in [6.45, 7) is 10.4. The lowest BCUT2D eigenvalue weighted by molar-refractivity contribution is -0.153. The van der Waals surface area contributed by atoms with Crippen LogP contribution in [0.4, 0.5) is 4.39 Å². The third-order valence-corrected chi connectivity index (χ3v) is 4.46. The monoisotopic (exact) mass is 381 g/mol. The van der Waals surface area contributed by atoms with Gasteiger partial charge in [-0.05, 0) is 39.3 Å². The molecule has 2 rings (SSSR count). The van der Waals surface area contributed by atoms with E-state index in [2.05, 4.69) is 22.5 Å². The average molecular weight is 382 g/mol. The van der Waals surface area contributed by atoms with Gasteiger partial charge in [-0.15, -0.1) is 0 Å². The van der Waals surface area contributed by atoms with Crippen LogP contribution in [0, 0.1) is 5.41 Å². The van der Waals surface area contributed by atoms with Crippen LogP contribution in [0.25, 0.3) is 11.5 Å². The van der Waals surface area contributed by atoms with Gasteiger partial charge < -0.3 is 9.64 Å². The lowest BCUT2D eigenvalue weighted by Gasteiger charge is -2.31. The molecule has 0 unspecified atom stereocenters. The minimum Gasteiger partial charge on any atom is -0.466 e. The average Bonchev–Trinajstić information content (AvgIpc) is 2.49. The smallest absolute Gasteiger partial charge is 0.311 e. The summed E-state index contributed by atoms with van der Waals surface area (Å²) in [6.07, 6.45) is 1.98. The van der Waals surface area contributed by atoms with Crippen molar-refractivity contribution in [1.29, 1.82) is 0 Å². The summed E-state index contributed by atoms with van der Waals surface area (Å²) < 4.78 is 20.3. The molecule has 23 heavy (non-hydrogen) atoms. The Morgan fingerprint density at radius 1 is 1.39 bits per heavy atom. The summed E-state index contributed by atoms with van der Waals surface area (Å²) in [5.41, 5.74) is 1.40. The van der Waals surface area contributed by atoms with E-state index in [4.69, 9.17) is 4.74 Å². The third-order valence-electron chi connectivity index (χ3n) is 3.97. The normalized spacial score (nSPS) is 14.4. The number of carbonyl (C=O) groups is 1. The molecule has 5 heteroatoms. The van der Waals surface area contributed by atoms with Crippen LogP contribution in [0.1, 0.15) is 38.3 Å². The van der Waals surface area contributed by atoms with Gasteiger partial charge in [0, 0.05) is 34.0 Å². The number of fused-ring (bicyclic) bond motifs is 1. The molecule has 0 aromatic heterocycles. The Balaban J connectivity index is 2.14. The van der Waals surface area contributed by atoms with Crippen LogP contribution in [0.15, 0.2) is 35.5 Å². The van der Waals surface area contributed by atoms with E-state index in [1.54, 1.807) is 17.9 Å². The topological polar surface area (TPSA) is 29.5 Å². The number of hydrogen-bond acceptors (Lipinski definition) is 3. The van der Waals surface area contributed by atoms with Crippen molar-refractivity contribution >= 4 is 33.4 Å². The van der Waals surface area contributed by atoms with E-state index in [-0.39, 0.29) is 11.8 Å². The molecule has 0 fully saturated rings. The van der Waals surface area contributed by atoms with Gasteiger partial charge in [0.1, 0.15) is 5.83 Å². The van der Waals surface area contributed by atoms with Gasteiger partial charge in [0.2, 0.25) is 0 Å². The number of ether oxygens (including phenoxy) is 1. The van der Waals surface area contributed by atoms with E-state index < -0.39 is 5.41 Å². The summed E-state index contributed by atoms with van der Waals surface area (Å²) in [5.74, 6) is -0.543. The number of benzene rings is 1. The Bertz CT molecular complexity index is 667. The number of nitrogens with zero attached hydrogens (tertiary/aromatic N) is 1. The van der Waals surface area contributed by atoms with Gasteiger partial charge in [0.15, 0.2) is 0 Å². The van der Waals surface area contributed by atoms with E-state index in [1.807, 2.05) is 26.0 Å². The van der Waals surface area contributed by atoms with Crippen LogP contribution < -0.4 is 0 Å². The Labute approximate surface area is 144 Å². The van der Waals surface area contributed by atoms with Crippen molar-refractivity contribution in [2.45, 2.75) is 27.2 Å². The number of halogens is 2. The van der Waals surface area contributed by atoms with E-state index in [1.165, 1.54) is 6.20 Å². The van der Waals surface area contributed by atoms with Gasteiger partial charge in [-0.2, -0.15) is 0 Å². The first-order valence-electron chi connectivity index (χ1n) is 7.56. The fourth-order valence-corrected chi connectivity index (χ4v) is 2.79. The van der Waals surface area contributed by atoms with Gasteiger partial charge in [0.25, 0.3) is 0 Å². The summed E-state index contributed by atoms with van der Waals surface area (Å²) >= 11 is 3.35.